The maximum absolute atomic E-state index is 11.1. The molecule has 0 fully saturated rings. The van der Waals surface area contributed by atoms with Crippen molar-refractivity contribution in [1.82, 2.24) is 4.90 Å². The minimum absolute atomic E-state index is 0.230. The molecule has 0 saturated heterocycles. The minimum Gasteiger partial charge on any atom is -0.450 e. The Morgan fingerprint density at radius 1 is 1.38 bits per heavy atom. The third-order valence-corrected chi connectivity index (χ3v) is 2.33. The molecule has 3 nitrogen and oxygen atoms in total. The fourth-order valence-corrected chi connectivity index (χ4v) is 1.66. The molecular formula is C10H17NO2. The minimum atomic E-state index is -0.455. The first-order valence-electron chi connectivity index (χ1n) is 4.71. The predicted octanol–water partition coefficient (Wildman–Crippen LogP) is 1.55. The molecule has 3 heteroatoms. The van der Waals surface area contributed by atoms with Crippen LogP contribution in [0.5, 0.6) is 0 Å². The zero-order valence-electron chi connectivity index (χ0n) is 8.76. The van der Waals surface area contributed by atoms with E-state index in [4.69, 9.17) is 4.74 Å². The Morgan fingerprint density at radius 2 is 1.92 bits per heavy atom. The van der Waals surface area contributed by atoms with Gasteiger partial charge in [0.1, 0.15) is 5.60 Å². The second-order valence-corrected chi connectivity index (χ2v) is 3.63. The average Bonchev–Trinajstić information content (AvgIpc) is 2.28. The van der Waals surface area contributed by atoms with Crippen molar-refractivity contribution in [1.29, 1.82) is 0 Å². The Balaban J connectivity index is 2.89. The van der Waals surface area contributed by atoms with E-state index in [-0.39, 0.29) is 5.97 Å². The quantitative estimate of drug-likeness (QED) is 0.622. The Labute approximate surface area is 79.4 Å². The lowest BCUT2D eigenvalue weighted by atomic mass is 10.1. The van der Waals surface area contributed by atoms with Crippen LogP contribution in [0, 0.1) is 0 Å². The first kappa shape index (κ1) is 10.1. The highest BCUT2D eigenvalue weighted by molar-refractivity contribution is 5.86. The van der Waals surface area contributed by atoms with Gasteiger partial charge < -0.3 is 9.64 Å². The average molecular weight is 183 g/mol. The fraction of sp³-hybridized carbons (Fsp3) is 0.700. The lowest BCUT2D eigenvalue weighted by Gasteiger charge is -2.30. The molecule has 1 aliphatic heterocycles. The number of hydrogen-bond donors (Lipinski definition) is 0. The summed E-state index contributed by atoms with van der Waals surface area (Å²) < 4.78 is 5.17. The zero-order valence-corrected chi connectivity index (χ0v) is 8.76. The van der Waals surface area contributed by atoms with Gasteiger partial charge in [0.25, 0.3) is 0 Å². The molecule has 0 atom stereocenters. The summed E-state index contributed by atoms with van der Waals surface area (Å²) in [5.74, 6) is -0.230. The fourth-order valence-electron chi connectivity index (χ4n) is 1.66. The van der Waals surface area contributed by atoms with Gasteiger partial charge in [0.05, 0.1) is 5.70 Å². The topological polar surface area (TPSA) is 29.5 Å². The maximum Gasteiger partial charge on any atom is 0.333 e. The van der Waals surface area contributed by atoms with Gasteiger partial charge in [0.15, 0.2) is 0 Å². The Morgan fingerprint density at radius 3 is 2.23 bits per heavy atom. The lowest BCUT2D eigenvalue weighted by Crippen LogP contribution is -2.35. The Hall–Kier alpha value is -0.990. The van der Waals surface area contributed by atoms with E-state index in [1.807, 2.05) is 13.8 Å². The molecule has 0 spiro atoms. The second-order valence-electron chi connectivity index (χ2n) is 3.63. The standard InChI is InChI=1S/C10H17NO2/c1-5-11(6-2)8-7-9(12)13-10(8,3)4/h7H,5-6H2,1-4H3. The lowest BCUT2D eigenvalue weighted by molar-refractivity contribution is -0.144. The normalized spacial score (nSPS) is 19.7. The molecule has 1 heterocycles. The molecular weight excluding hydrogens is 166 g/mol. The summed E-state index contributed by atoms with van der Waals surface area (Å²) in [4.78, 5) is 13.2. The molecule has 0 aromatic heterocycles. The van der Waals surface area contributed by atoms with E-state index >= 15 is 0 Å². The van der Waals surface area contributed by atoms with Gasteiger partial charge in [-0.25, -0.2) is 4.79 Å². The van der Waals surface area contributed by atoms with E-state index < -0.39 is 5.60 Å². The summed E-state index contributed by atoms with van der Waals surface area (Å²) in [5, 5.41) is 0. The highest BCUT2D eigenvalue weighted by Crippen LogP contribution is 2.29. The molecule has 0 aromatic rings. The Bertz CT molecular complexity index is 239. The van der Waals surface area contributed by atoms with E-state index in [1.165, 1.54) is 0 Å². The molecule has 0 amide bonds. The van der Waals surface area contributed by atoms with Crippen molar-refractivity contribution in [3.63, 3.8) is 0 Å². The van der Waals surface area contributed by atoms with Crippen molar-refractivity contribution in [2.24, 2.45) is 0 Å². The number of rotatable bonds is 3. The van der Waals surface area contributed by atoms with E-state index in [1.54, 1.807) is 6.08 Å². The molecule has 0 aromatic carbocycles. The van der Waals surface area contributed by atoms with E-state index in [2.05, 4.69) is 18.7 Å². The van der Waals surface area contributed by atoms with Crippen LogP contribution in [0.3, 0.4) is 0 Å². The van der Waals surface area contributed by atoms with Gasteiger partial charge in [0.2, 0.25) is 0 Å². The number of ether oxygens (including phenoxy) is 1. The highest BCUT2D eigenvalue weighted by atomic mass is 16.6. The van der Waals surface area contributed by atoms with Crippen molar-refractivity contribution in [2.45, 2.75) is 33.3 Å². The second kappa shape index (κ2) is 3.40. The van der Waals surface area contributed by atoms with Crippen molar-refractivity contribution in [3.05, 3.63) is 11.8 Å². The van der Waals surface area contributed by atoms with E-state index in [0.717, 1.165) is 18.8 Å². The molecule has 0 bridgehead atoms. The Kier molecular flexibility index (Phi) is 2.64. The van der Waals surface area contributed by atoms with Crippen LogP contribution in [0.4, 0.5) is 0 Å². The van der Waals surface area contributed by atoms with Gasteiger partial charge in [-0.1, -0.05) is 0 Å². The van der Waals surface area contributed by atoms with Gasteiger partial charge in [-0.2, -0.15) is 0 Å². The van der Waals surface area contributed by atoms with Crippen LogP contribution in [0.1, 0.15) is 27.7 Å². The molecule has 1 rings (SSSR count). The summed E-state index contributed by atoms with van der Waals surface area (Å²) in [5.41, 5.74) is 0.533. The summed E-state index contributed by atoms with van der Waals surface area (Å²) in [6, 6.07) is 0. The molecule has 1 aliphatic rings. The SMILES string of the molecule is CCN(CC)C1=CC(=O)OC1(C)C. The van der Waals surface area contributed by atoms with Crippen LogP contribution in [-0.2, 0) is 9.53 Å². The van der Waals surface area contributed by atoms with Gasteiger partial charge in [-0.15, -0.1) is 0 Å². The molecule has 0 radical (unpaired) electrons. The smallest absolute Gasteiger partial charge is 0.333 e. The predicted molar refractivity (Wildman–Crippen MR) is 51.2 cm³/mol. The van der Waals surface area contributed by atoms with Gasteiger partial charge >= 0.3 is 5.97 Å². The molecule has 13 heavy (non-hydrogen) atoms. The third kappa shape index (κ3) is 1.85. The molecule has 0 unspecified atom stereocenters. The summed E-state index contributed by atoms with van der Waals surface area (Å²) in [6.45, 7) is 9.79. The number of cyclic esters (lactones) is 1. The van der Waals surface area contributed by atoms with E-state index in [0.29, 0.717) is 0 Å². The van der Waals surface area contributed by atoms with Gasteiger partial charge in [-0.05, 0) is 27.7 Å². The number of carbonyl (C=O) groups excluding carboxylic acids is 1. The third-order valence-electron chi connectivity index (χ3n) is 2.33. The van der Waals surface area contributed by atoms with Crippen LogP contribution in [-0.4, -0.2) is 29.6 Å². The summed E-state index contributed by atoms with van der Waals surface area (Å²) in [6.07, 6.45) is 1.59. The van der Waals surface area contributed by atoms with Crippen LogP contribution in [0.2, 0.25) is 0 Å². The van der Waals surface area contributed by atoms with Gasteiger partial charge in [-0.3, -0.25) is 0 Å². The van der Waals surface area contributed by atoms with Gasteiger partial charge in [0, 0.05) is 19.2 Å². The van der Waals surface area contributed by atoms with E-state index in [9.17, 15) is 4.79 Å². The van der Waals surface area contributed by atoms with Crippen molar-refractivity contribution >= 4 is 5.97 Å². The van der Waals surface area contributed by atoms with Crippen LogP contribution in [0.25, 0.3) is 0 Å². The molecule has 0 N–H and O–H groups in total. The van der Waals surface area contributed by atoms with Crippen LogP contribution >= 0.6 is 0 Å². The van der Waals surface area contributed by atoms with Crippen LogP contribution < -0.4 is 0 Å². The van der Waals surface area contributed by atoms with Crippen molar-refractivity contribution < 1.29 is 9.53 Å². The number of carbonyl (C=O) groups is 1. The zero-order chi connectivity index (χ0) is 10.1. The molecule has 0 saturated carbocycles. The number of hydrogen-bond acceptors (Lipinski definition) is 3. The first-order valence-corrected chi connectivity index (χ1v) is 4.71. The first-order chi connectivity index (χ1) is 6.01. The monoisotopic (exact) mass is 183 g/mol. The molecule has 0 aliphatic carbocycles. The summed E-state index contributed by atoms with van der Waals surface area (Å²) >= 11 is 0. The number of esters is 1. The maximum atomic E-state index is 11.1. The largest absolute Gasteiger partial charge is 0.450 e. The van der Waals surface area contributed by atoms with Crippen molar-refractivity contribution in [2.75, 3.05) is 13.1 Å². The van der Waals surface area contributed by atoms with Crippen LogP contribution in [0.15, 0.2) is 11.8 Å². The number of likely N-dealkylation sites (N-methyl/N-ethyl adjacent to an activating group) is 1. The highest BCUT2D eigenvalue weighted by Gasteiger charge is 2.36. The molecule has 74 valence electrons. The van der Waals surface area contributed by atoms with Crippen molar-refractivity contribution in [3.8, 4) is 0 Å². The summed E-state index contributed by atoms with van der Waals surface area (Å²) in [7, 11) is 0. The number of nitrogens with zero attached hydrogens (tertiary/aromatic N) is 1.